The first-order valence-electron chi connectivity index (χ1n) is 6.10. The fourth-order valence-electron chi connectivity index (χ4n) is 2.13. The lowest BCUT2D eigenvalue weighted by Crippen LogP contribution is -2.34. The first-order valence-corrected chi connectivity index (χ1v) is 6.48. The van der Waals surface area contributed by atoms with Gasteiger partial charge in [0.05, 0.1) is 11.0 Å². The van der Waals surface area contributed by atoms with E-state index in [0.717, 1.165) is 0 Å². The molecule has 0 saturated carbocycles. The van der Waals surface area contributed by atoms with E-state index in [4.69, 9.17) is 11.6 Å². The average molecular weight is 300 g/mol. The standard InChI is InChI=1S/C12H14ClN3O4/c13-9-3-1-2-8(11(9)16(19)20)12(18)15-5-7-4-14-6-10(7)17/h1-3,7,10,14,17H,4-6H2,(H,15,18). The van der Waals surface area contributed by atoms with E-state index >= 15 is 0 Å². The van der Waals surface area contributed by atoms with Crippen molar-refractivity contribution in [2.45, 2.75) is 6.10 Å². The zero-order valence-electron chi connectivity index (χ0n) is 10.5. The molecule has 1 heterocycles. The van der Waals surface area contributed by atoms with Crippen LogP contribution in [0.15, 0.2) is 18.2 Å². The van der Waals surface area contributed by atoms with Crippen molar-refractivity contribution >= 4 is 23.2 Å². The van der Waals surface area contributed by atoms with Gasteiger partial charge in [0.2, 0.25) is 0 Å². The van der Waals surface area contributed by atoms with Gasteiger partial charge < -0.3 is 15.7 Å². The Hall–Kier alpha value is -1.70. The maximum absolute atomic E-state index is 12.0. The van der Waals surface area contributed by atoms with E-state index in [0.29, 0.717) is 13.1 Å². The van der Waals surface area contributed by atoms with Crippen molar-refractivity contribution in [2.75, 3.05) is 19.6 Å². The first kappa shape index (κ1) is 14.7. The predicted octanol–water partition coefficient (Wildman–Crippen LogP) is 0.558. The van der Waals surface area contributed by atoms with Crippen LogP contribution >= 0.6 is 11.6 Å². The number of carbonyl (C=O) groups excluding carboxylic acids is 1. The van der Waals surface area contributed by atoms with Crippen LogP contribution in [0.4, 0.5) is 5.69 Å². The molecule has 0 aromatic heterocycles. The lowest BCUT2D eigenvalue weighted by Gasteiger charge is -2.14. The molecule has 1 aliphatic rings. The van der Waals surface area contributed by atoms with E-state index in [-0.39, 0.29) is 23.0 Å². The number of aliphatic hydroxyl groups is 1. The van der Waals surface area contributed by atoms with Gasteiger partial charge in [-0.2, -0.15) is 0 Å². The monoisotopic (exact) mass is 299 g/mol. The lowest BCUT2D eigenvalue weighted by atomic mass is 10.1. The van der Waals surface area contributed by atoms with Gasteiger partial charge in [-0.3, -0.25) is 14.9 Å². The SMILES string of the molecule is O=C(NCC1CNCC1O)c1cccc(Cl)c1[N+](=O)[O-]. The molecule has 0 radical (unpaired) electrons. The Morgan fingerprint density at radius 1 is 1.55 bits per heavy atom. The molecule has 2 unspecified atom stereocenters. The van der Waals surface area contributed by atoms with Crippen LogP contribution in [0.5, 0.6) is 0 Å². The molecule has 8 heteroatoms. The molecule has 1 saturated heterocycles. The highest BCUT2D eigenvalue weighted by Gasteiger charge is 2.27. The summed E-state index contributed by atoms with van der Waals surface area (Å²) in [6, 6.07) is 4.19. The minimum atomic E-state index is -0.677. The van der Waals surface area contributed by atoms with Gasteiger partial charge in [-0.15, -0.1) is 0 Å². The second-order valence-corrected chi connectivity index (χ2v) is 5.00. The van der Waals surface area contributed by atoms with Gasteiger partial charge >= 0.3 is 5.69 Å². The third kappa shape index (κ3) is 3.06. The highest BCUT2D eigenvalue weighted by Crippen LogP contribution is 2.28. The number of nitro groups is 1. The molecule has 1 amide bonds. The maximum atomic E-state index is 12.0. The molecular weight excluding hydrogens is 286 g/mol. The van der Waals surface area contributed by atoms with Crippen molar-refractivity contribution in [2.24, 2.45) is 5.92 Å². The molecule has 0 aliphatic carbocycles. The van der Waals surface area contributed by atoms with Crippen LogP contribution in [0.1, 0.15) is 10.4 Å². The van der Waals surface area contributed by atoms with Crippen molar-refractivity contribution in [3.8, 4) is 0 Å². The van der Waals surface area contributed by atoms with Crippen LogP contribution < -0.4 is 10.6 Å². The fraction of sp³-hybridized carbons (Fsp3) is 0.417. The van der Waals surface area contributed by atoms with Gasteiger partial charge in [0, 0.05) is 25.6 Å². The van der Waals surface area contributed by atoms with Crippen LogP contribution in [-0.2, 0) is 0 Å². The largest absolute Gasteiger partial charge is 0.391 e. The minimum Gasteiger partial charge on any atom is -0.391 e. The molecule has 108 valence electrons. The van der Waals surface area contributed by atoms with Gasteiger partial charge in [0.25, 0.3) is 5.91 Å². The Morgan fingerprint density at radius 3 is 2.90 bits per heavy atom. The molecule has 2 atom stereocenters. The summed E-state index contributed by atoms with van der Waals surface area (Å²) in [5, 5.41) is 26.1. The number of nitrogens with one attached hydrogen (secondary N) is 2. The van der Waals surface area contributed by atoms with Crippen molar-refractivity contribution in [1.82, 2.24) is 10.6 Å². The average Bonchev–Trinajstić information content (AvgIpc) is 2.80. The summed E-state index contributed by atoms with van der Waals surface area (Å²) in [6.45, 7) is 1.33. The van der Waals surface area contributed by atoms with Crippen LogP contribution in [0.3, 0.4) is 0 Å². The summed E-state index contributed by atoms with van der Waals surface area (Å²) in [6.07, 6.45) is -0.523. The topological polar surface area (TPSA) is 104 Å². The van der Waals surface area contributed by atoms with E-state index in [1.54, 1.807) is 0 Å². The molecule has 2 rings (SSSR count). The van der Waals surface area contributed by atoms with Crippen molar-refractivity contribution < 1.29 is 14.8 Å². The quantitative estimate of drug-likeness (QED) is 0.556. The van der Waals surface area contributed by atoms with Gasteiger partial charge in [0.1, 0.15) is 10.6 Å². The highest BCUT2D eigenvalue weighted by molar-refractivity contribution is 6.33. The van der Waals surface area contributed by atoms with Crippen LogP contribution in [-0.4, -0.2) is 41.7 Å². The number of aliphatic hydroxyl groups excluding tert-OH is 1. The molecule has 20 heavy (non-hydrogen) atoms. The highest BCUT2D eigenvalue weighted by atomic mass is 35.5. The van der Waals surface area contributed by atoms with E-state index < -0.39 is 22.6 Å². The summed E-state index contributed by atoms with van der Waals surface area (Å²) in [5.41, 5.74) is -0.486. The third-order valence-corrected chi connectivity index (χ3v) is 3.55. The number of hydrogen-bond acceptors (Lipinski definition) is 5. The zero-order chi connectivity index (χ0) is 14.7. The second-order valence-electron chi connectivity index (χ2n) is 4.59. The number of para-hydroxylation sites is 1. The lowest BCUT2D eigenvalue weighted by molar-refractivity contribution is -0.385. The molecule has 7 nitrogen and oxygen atoms in total. The summed E-state index contributed by atoms with van der Waals surface area (Å²) < 4.78 is 0. The normalized spacial score (nSPS) is 21.7. The Labute approximate surface area is 120 Å². The molecule has 0 bridgehead atoms. The number of β-amino-alcohol motifs (C(OH)–C–C–N with tert-alkyl or cyclic N) is 1. The summed E-state index contributed by atoms with van der Waals surface area (Å²) >= 11 is 5.75. The number of carbonyl (C=O) groups is 1. The van der Waals surface area contributed by atoms with Gasteiger partial charge in [0.15, 0.2) is 0 Å². The number of nitro benzene ring substituents is 1. The van der Waals surface area contributed by atoms with E-state index in [2.05, 4.69) is 10.6 Å². The Bertz CT molecular complexity index is 537. The van der Waals surface area contributed by atoms with Crippen molar-refractivity contribution in [3.63, 3.8) is 0 Å². The fourth-order valence-corrected chi connectivity index (χ4v) is 2.37. The number of benzene rings is 1. The van der Waals surface area contributed by atoms with E-state index in [1.165, 1.54) is 18.2 Å². The van der Waals surface area contributed by atoms with Crippen LogP contribution in [0.2, 0.25) is 5.02 Å². The first-order chi connectivity index (χ1) is 9.50. The Kier molecular flexibility index (Phi) is 4.53. The van der Waals surface area contributed by atoms with E-state index in [1.807, 2.05) is 0 Å². The summed E-state index contributed by atoms with van der Waals surface area (Å²) in [4.78, 5) is 22.3. The summed E-state index contributed by atoms with van der Waals surface area (Å²) in [5.74, 6) is -0.671. The molecular formula is C12H14ClN3O4. The number of nitrogens with zero attached hydrogens (tertiary/aromatic N) is 1. The zero-order valence-corrected chi connectivity index (χ0v) is 11.3. The Morgan fingerprint density at radius 2 is 2.30 bits per heavy atom. The maximum Gasteiger partial charge on any atom is 0.300 e. The van der Waals surface area contributed by atoms with Gasteiger partial charge in [-0.25, -0.2) is 0 Å². The van der Waals surface area contributed by atoms with Gasteiger partial charge in [-0.1, -0.05) is 17.7 Å². The predicted molar refractivity (Wildman–Crippen MR) is 72.8 cm³/mol. The molecule has 3 N–H and O–H groups in total. The third-order valence-electron chi connectivity index (χ3n) is 3.24. The minimum absolute atomic E-state index is 0.0785. The van der Waals surface area contributed by atoms with Crippen LogP contribution in [0, 0.1) is 16.0 Å². The second kappa shape index (κ2) is 6.17. The number of hydrogen-bond donors (Lipinski definition) is 3. The van der Waals surface area contributed by atoms with Crippen molar-refractivity contribution in [3.05, 3.63) is 38.9 Å². The smallest absolute Gasteiger partial charge is 0.300 e. The number of rotatable bonds is 4. The molecule has 1 aromatic carbocycles. The molecule has 1 aromatic rings. The van der Waals surface area contributed by atoms with E-state index in [9.17, 15) is 20.0 Å². The molecule has 1 aliphatic heterocycles. The van der Waals surface area contributed by atoms with Crippen LogP contribution in [0.25, 0.3) is 0 Å². The number of amides is 1. The Balaban J connectivity index is 2.09. The summed E-state index contributed by atoms with van der Waals surface area (Å²) in [7, 11) is 0. The molecule has 0 spiro atoms. The molecule has 1 fully saturated rings. The van der Waals surface area contributed by atoms with Crippen molar-refractivity contribution in [1.29, 1.82) is 0 Å². The number of halogens is 1. The van der Waals surface area contributed by atoms with Gasteiger partial charge in [-0.05, 0) is 12.1 Å².